The number of hydrogen-bond donors (Lipinski definition) is 3. The molecule has 9 heteroatoms. The molecule has 0 amide bonds. The van der Waals surface area contributed by atoms with Crippen molar-refractivity contribution in [1.29, 1.82) is 0 Å². The van der Waals surface area contributed by atoms with E-state index >= 15 is 0 Å². The second-order valence-corrected chi connectivity index (χ2v) is 11.6. The summed E-state index contributed by atoms with van der Waals surface area (Å²) >= 11 is 0. The third kappa shape index (κ3) is 5.74. The van der Waals surface area contributed by atoms with Crippen LogP contribution in [0.4, 0.5) is 0 Å². The number of rotatable bonds is 6. The minimum Gasteiger partial charge on any atom is -0.394 e. The van der Waals surface area contributed by atoms with Gasteiger partial charge in [0.2, 0.25) is 6.20 Å². The van der Waals surface area contributed by atoms with E-state index in [1.165, 1.54) is 0 Å². The number of fused-ring (bicyclic) bond motifs is 6. The number of H-pyrrole nitrogens is 2. The Bertz CT molecular complexity index is 2530. The smallest absolute Gasteiger partial charge is 0.268 e. The lowest BCUT2D eigenvalue weighted by molar-refractivity contribution is -0.640. The zero-order chi connectivity index (χ0) is 33.9. The molecule has 5 aromatic heterocycles. The van der Waals surface area contributed by atoms with Crippen molar-refractivity contribution in [3.8, 4) is 0 Å². The average Bonchev–Trinajstić information content (AvgIpc) is 4.00. The maximum absolute atomic E-state index is 5.28. The van der Waals surface area contributed by atoms with Crippen molar-refractivity contribution in [3.05, 3.63) is 196 Å². The predicted octanol–water partition coefficient (Wildman–Crippen LogP) is 4.71. The molecule has 0 unspecified atom stereocenters. The minimum atomic E-state index is 0.789. The van der Waals surface area contributed by atoms with Gasteiger partial charge in [0.1, 0.15) is 11.4 Å². The van der Waals surface area contributed by atoms with Crippen molar-refractivity contribution in [2.75, 3.05) is 7.05 Å². The number of aromatic nitrogens is 6. The Morgan fingerprint density at radius 1 is 0.720 bits per heavy atom. The molecule has 3 N–H and O–H groups in total. The van der Waals surface area contributed by atoms with Crippen molar-refractivity contribution >= 4 is 34.0 Å². The van der Waals surface area contributed by atoms with E-state index in [0.717, 1.165) is 83.9 Å². The molecule has 50 heavy (non-hydrogen) atoms. The lowest BCUT2D eigenvalue weighted by Gasteiger charge is -2.08. The van der Waals surface area contributed by atoms with Crippen LogP contribution in [0.25, 0.3) is 22.6 Å². The lowest BCUT2D eigenvalue weighted by Crippen LogP contribution is -2.35. The third-order valence-electron chi connectivity index (χ3n) is 8.57. The van der Waals surface area contributed by atoms with Gasteiger partial charge in [0, 0.05) is 66.8 Å². The number of pyridine rings is 3. The number of nitrogens with one attached hydrogen (secondary N) is 3. The van der Waals surface area contributed by atoms with Crippen molar-refractivity contribution in [1.82, 2.24) is 30.4 Å². The molecule has 3 aliphatic rings. The van der Waals surface area contributed by atoms with Crippen LogP contribution in [0.5, 0.6) is 0 Å². The molecule has 0 radical (unpaired) electrons. The Kier molecular flexibility index (Phi) is 8.06. The predicted molar refractivity (Wildman–Crippen MR) is 197 cm³/mol. The first-order valence-electron chi connectivity index (χ1n) is 16.3. The van der Waals surface area contributed by atoms with E-state index in [1.54, 1.807) is 37.2 Å². The Balaban J connectivity index is 1.50. The van der Waals surface area contributed by atoms with Crippen LogP contribution < -0.4 is 20.7 Å². The molecule has 3 aliphatic heterocycles. The molecule has 9 nitrogen and oxygen atoms in total. The SMILES string of the molecule is C/C=C(\C=C/NC)C1=C=c2cc/c([nH]2)=C(\c2ccncc2)C2=N/C(=C(/c3ccncc3)c3cc[n+]([nH]3)/C(c3ccncc3)=C3/C=CC1=N3)C=C2. The molecule has 8 bridgehead atoms. The number of nitrogens with zero attached hydrogens (tertiary/aromatic N) is 6. The summed E-state index contributed by atoms with van der Waals surface area (Å²) in [4.78, 5) is 27.0. The summed E-state index contributed by atoms with van der Waals surface area (Å²) in [5.74, 6) is 0. The molecule has 0 aromatic carbocycles. The normalized spacial score (nSPS) is 19.6. The van der Waals surface area contributed by atoms with Crippen molar-refractivity contribution < 1.29 is 4.68 Å². The summed E-state index contributed by atoms with van der Waals surface area (Å²) in [5, 5.41) is 8.50. The van der Waals surface area contributed by atoms with Crippen LogP contribution in [0.1, 0.15) is 29.3 Å². The molecule has 240 valence electrons. The highest BCUT2D eigenvalue weighted by molar-refractivity contribution is 6.30. The van der Waals surface area contributed by atoms with Gasteiger partial charge in [0.15, 0.2) is 0 Å². The van der Waals surface area contributed by atoms with E-state index in [1.807, 2.05) is 91.7 Å². The molecule has 0 spiro atoms. The fourth-order valence-corrected chi connectivity index (χ4v) is 6.27. The van der Waals surface area contributed by atoms with Gasteiger partial charge in [-0.05, 0) is 109 Å². The van der Waals surface area contributed by atoms with Crippen LogP contribution in [-0.2, 0) is 0 Å². The first-order chi connectivity index (χ1) is 24.7. The van der Waals surface area contributed by atoms with Gasteiger partial charge < -0.3 is 10.3 Å². The molecular weight excluding hydrogens is 619 g/mol. The molecule has 5 aromatic rings. The van der Waals surface area contributed by atoms with Gasteiger partial charge in [0.05, 0.1) is 33.6 Å². The Morgan fingerprint density at radius 3 is 2.06 bits per heavy atom. The molecule has 0 saturated carbocycles. The average molecular weight is 651 g/mol. The van der Waals surface area contributed by atoms with Gasteiger partial charge >= 0.3 is 0 Å². The summed E-state index contributed by atoms with van der Waals surface area (Å²) in [6, 6.07) is 18.2. The number of hydrogen-bond acceptors (Lipinski definition) is 6. The van der Waals surface area contributed by atoms with Crippen molar-refractivity contribution in [2.24, 2.45) is 9.98 Å². The Hall–Kier alpha value is -6.96. The van der Waals surface area contributed by atoms with Crippen LogP contribution in [0.3, 0.4) is 0 Å². The van der Waals surface area contributed by atoms with Crippen molar-refractivity contribution in [2.45, 2.75) is 6.92 Å². The highest BCUT2D eigenvalue weighted by Crippen LogP contribution is 2.31. The van der Waals surface area contributed by atoms with Crippen LogP contribution in [0.15, 0.2) is 173 Å². The van der Waals surface area contributed by atoms with E-state index in [0.29, 0.717) is 0 Å². The molecule has 8 rings (SSSR count). The summed E-state index contributed by atoms with van der Waals surface area (Å²) in [7, 11) is 1.88. The molecular formula is C41H32N9+. The topological polar surface area (TPSA) is 111 Å². The fourth-order valence-electron chi connectivity index (χ4n) is 6.27. The summed E-state index contributed by atoms with van der Waals surface area (Å²) < 4.78 is 2.01. The lowest BCUT2D eigenvalue weighted by atomic mass is 10.0. The van der Waals surface area contributed by atoms with Crippen LogP contribution >= 0.6 is 0 Å². The van der Waals surface area contributed by atoms with E-state index in [4.69, 9.17) is 9.98 Å². The number of aromatic amines is 2. The second kappa shape index (κ2) is 13.3. The molecule has 0 saturated heterocycles. The van der Waals surface area contributed by atoms with E-state index in [2.05, 4.69) is 66.4 Å². The molecule has 0 atom stereocenters. The molecule has 8 heterocycles. The maximum Gasteiger partial charge on any atom is 0.268 e. The fraction of sp³-hybridized carbons (Fsp3) is 0.0488. The Morgan fingerprint density at radius 2 is 1.36 bits per heavy atom. The van der Waals surface area contributed by atoms with Gasteiger partial charge in [-0.3, -0.25) is 15.0 Å². The first kappa shape index (κ1) is 30.4. The van der Waals surface area contributed by atoms with Gasteiger partial charge in [-0.15, -0.1) is 0 Å². The van der Waals surface area contributed by atoms with Gasteiger partial charge in [-0.2, -0.15) is 5.10 Å². The summed E-state index contributed by atoms with van der Waals surface area (Å²) in [6.07, 6.45) is 27.1. The van der Waals surface area contributed by atoms with Gasteiger partial charge in [0.25, 0.3) is 5.70 Å². The largest absolute Gasteiger partial charge is 0.394 e. The summed E-state index contributed by atoms with van der Waals surface area (Å²) in [6.45, 7) is 2.02. The molecule has 0 aliphatic carbocycles. The number of aliphatic imine (C=N–C) groups is 2. The monoisotopic (exact) mass is 650 g/mol. The zero-order valence-electron chi connectivity index (χ0n) is 27.5. The summed E-state index contributed by atoms with van der Waals surface area (Å²) in [5.41, 5.74) is 15.3. The molecule has 0 fully saturated rings. The van der Waals surface area contributed by atoms with Crippen LogP contribution in [-0.4, -0.2) is 43.5 Å². The number of allylic oxidation sites excluding steroid dienone is 8. The minimum absolute atomic E-state index is 0.789. The van der Waals surface area contributed by atoms with E-state index < -0.39 is 0 Å². The maximum atomic E-state index is 5.28. The van der Waals surface area contributed by atoms with Gasteiger partial charge in [-0.1, -0.05) is 16.5 Å². The highest BCUT2D eigenvalue weighted by atomic mass is 15.3. The quantitative estimate of drug-likeness (QED) is 0.183. The van der Waals surface area contributed by atoms with E-state index in [-0.39, 0.29) is 0 Å². The van der Waals surface area contributed by atoms with E-state index in [9.17, 15) is 0 Å². The Labute approximate surface area is 288 Å². The van der Waals surface area contributed by atoms with Gasteiger partial charge in [-0.25, -0.2) is 9.98 Å². The van der Waals surface area contributed by atoms with Crippen LogP contribution in [0.2, 0.25) is 0 Å². The standard InChI is InChI=1S/C41H31N9/c1-3-27(10-18-42-2)32-26-31-4-5-34(46-31)39(28-11-19-43-20-12-28)35-7-8-36(48-35)40(29-13-21-44-22-14-29)37-17-25-50(49-37)41(30-15-23-45-24-16-30)38-9-6-33(32)47-38/h3-25,42H,1-2H3,(H,43,44,46,48,49)/p+1/b18-10-,27-3+,41-38-. The highest BCUT2D eigenvalue weighted by Gasteiger charge is 2.27. The first-order valence-corrected chi connectivity index (χ1v) is 16.3. The van der Waals surface area contributed by atoms with Crippen molar-refractivity contribution in [3.63, 3.8) is 0 Å². The third-order valence-corrected chi connectivity index (χ3v) is 8.57. The second-order valence-electron chi connectivity index (χ2n) is 11.6. The van der Waals surface area contributed by atoms with Crippen LogP contribution in [0, 0.1) is 0 Å². The zero-order valence-corrected chi connectivity index (χ0v) is 27.5.